The van der Waals surface area contributed by atoms with Gasteiger partial charge in [-0.2, -0.15) is 4.31 Å². The number of sulfonamides is 1. The van der Waals surface area contributed by atoms with E-state index in [-0.39, 0.29) is 15.8 Å². The Labute approximate surface area is 176 Å². The number of anilines is 1. The first-order valence-electron chi connectivity index (χ1n) is 9.73. The lowest BCUT2D eigenvalue weighted by Crippen LogP contribution is -2.46. The fourth-order valence-electron chi connectivity index (χ4n) is 4.29. The summed E-state index contributed by atoms with van der Waals surface area (Å²) in [5.41, 5.74) is 7.05. The van der Waals surface area contributed by atoms with Crippen molar-refractivity contribution in [2.24, 2.45) is 11.1 Å². The smallest absolute Gasteiger partial charge is 0.244 e. The molecule has 29 heavy (non-hydrogen) atoms. The molecule has 0 aromatic heterocycles. The fraction of sp³-hybridized carbons (Fsp3) is 0.381. The van der Waals surface area contributed by atoms with E-state index in [1.807, 2.05) is 29.2 Å². The molecule has 2 aliphatic heterocycles. The van der Waals surface area contributed by atoms with Crippen LogP contribution >= 0.6 is 11.6 Å². The summed E-state index contributed by atoms with van der Waals surface area (Å²) in [7, 11) is -3.67. The van der Waals surface area contributed by atoms with E-state index in [2.05, 4.69) is 0 Å². The topological polar surface area (TPSA) is 83.7 Å². The normalized spacial score (nSPS) is 19.8. The number of benzene rings is 2. The second-order valence-corrected chi connectivity index (χ2v) is 10.0. The Kier molecular flexibility index (Phi) is 5.42. The van der Waals surface area contributed by atoms with Crippen LogP contribution in [0.3, 0.4) is 0 Å². The first-order chi connectivity index (χ1) is 13.9. The van der Waals surface area contributed by atoms with Crippen molar-refractivity contribution in [2.45, 2.75) is 30.7 Å². The molecule has 2 N–H and O–H groups in total. The molecule has 0 aliphatic carbocycles. The van der Waals surface area contributed by atoms with Gasteiger partial charge in [-0.1, -0.05) is 35.9 Å². The Balaban J connectivity index is 1.49. The van der Waals surface area contributed by atoms with Crippen molar-refractivity contribution in [1.82, 2.24) is 4.31 Å². The molecule has 0 bridgehead atoms. The average Bonchev–Trinajstić information content (AvgIpc) is 3.04. The number of rotatable bonds is 4. The molecule has 0 atom stereocenters. The third-order valence-electron chi connectivity index (χ3n) is 6.13. The molecule has 1 spiro atoms. The van der Waals surface area contributed by atoms with E-state index in [0.717, 1.165) is 17.7 Å². The fourth-order valence-corrected chi connectivity index (χ4v) is 6.23. The number of halogens is 1. The molecule has 2 aliphatic rings. The lowest BCUT2D eigenvalue weighted by molar-refractivity contribution is -0.127. The van der Waals surface area contributed by atoms with Gasteiger partial charge in [0.1, 0.15) is 4.90 Å². The van der Waals surface area contributed by atoms with E-state index in [0.29, 0.717) is 39.0 Å². The van der Waals surface area contributed by atoms with Gasteiger partial charge in [0.25, 0.3) is 0 Å². The van der Waals surface area contributed by atoms with E-state index in [4.69, 9.17) is 17.3 Å². The third kappa shape index (κ3) is 3.57. The quantitative estimate of drug-likeness (QED) is 0.803. The molecule has 0 radical (unpaired) electrons. The van der Waals surface area contributed by atoms with Crippen molar-refractivity contribution in [3.05, 3.63) is 59.1 Å². The van der Waals surface area contributed by atoms with Crippen molar-refractivity contribution in [2.75, 3.05) is 24.5 Å². The maximum absolute atomic E-state index is 13.2. The lowest BCUT2D eigenvalue weighted by Gasteiger charge is -2.37. The Morgan fingerprint density at radius 1 is 0.966 bits per heavy atom. The van der Waals surface area contributed by atoms with Crippen LogP contribution in [0.15, 0.2) is 53.4 Å². The van der Waals surface area contributed by atoms with Gasteiger partial charge >= 0.3 is 0 Å². The SMILES string of the molecule is NCc1ccc(N2CCC3(CCN(S(=O)(=O)c4ccccc4Cl)CC3)C2=O)cc1. The first-order valence-corrected chi connectivity index (χ1v) is 11.5. The van der Waals surface area contributed by atoms with Gasteiger partial charge in [-0.15, -0.1) is 0 Å². The van der Waals surface area contributed by atoms with Crippen molar-refractivity contribution in [3.8, 4) is 0 Å². The van der Waals surface area contributed by atoms with Crippen LogP contribution < -0.4 is 10.6 Å². The minimum atomic E-state index is -3.67. The zero-order chi connectivity index (χ0) is 20.6. The number of nitrogens with two attached hydrogens (primary N) is 1. The highest BCUT2D eigenvalue weighted by atomic mass is 35.5. The van der Waals surface area contributed by atoms with Crippen LogP contribution in [0.5, 0.6) is 0 Å². The molecule has 6 nitrogen and oxygen atoms in total. The lowest BCUT2D eigenvalue weighted by atomic mass is 9.77. The second kappa shape index (κ2) is 7.72. The van der Waals surface area contributed by atoms with Crippen molar-refractivity contribution in [1.29, 1.82) is 0 Å². The Morgan fingerprint density at radius 3 is 2.21 bits per heavy atom. The van der Waals surface area contributed by atoms with Gasteiger partial charge in [-0.3, -0.25) is 4.79 Å². The molecular formula is C21H24ClN3O3S. The van der Waals surface area contributed by atoms with Gasteiger partial charge in [-0.05, 0) is 49.1 Å². The summed E-state index contributed by atoms with van der Waals surface area (Å²) in [6.07, 6.45) is 1.78. The van der Waals surface area contributed by atoms with Crippen LogP contribution in [0.4, 0.5) is 5.69 Å². The summed E-state index contributed by atoms with van der Waals surface area (Å²) in [5.74, 6) is 0.0905. The largest absolute Gasteiger partial charge is 0.326 e. The summed E-state index contributed by atoms with van der Waals surface area (Å²) >= 11 is 6.11. The number of hydrogen-bond donors (Lipinski definition) is 1. The molecule has 154 valence electrons. The highest BCUT2D eigenvalue weighted by Crippen LogP contribution is 2.44. The highest BCUT2D eigenvalue weighted by molar-refractivity contribution is 7.89. The Hall–Kier alpha value is -1.93. The molecule has 0 saturated carbocycles. The van der Waals surface area contributed by atoms with Gasteiger partial charge in [-0.25, -0.2) is 8.42 Å². The maximum atomic E-state index is 13.2. The Bertz CT molecular complexity index is 1020. The number of nitrogens with zero attached hydrogens (tertiary/aromatic N) is 2. The first kappa shape index (κ1) is 20.3. The van der Waals surface area contributed by atoms with Gasteiger partial charge in [0.2, 0.25) is 15.9 Å². The van der Waals surface area contributed by atoms with Crippen LogP contribution in [0.2, 0.25) is 5.02 Å². The van der Waals surface area contributed by atoms with Crippen LogP contribution in [0, 0.1) is 5.41 Å². The van der Waals surface area contributed by atoms with Gasteiger partial charge < -0.3 is 10.6 Å². The van der Waals surface area contributed by atoms with E-state index in [9.17, 15) is 13.2 Å². The summed E-state index contributed by atoms with van der Waals surface area (Å²) in [6, 6.07) is 14.2. The predicted octanol–water partition coefficient (Wildman–Crippen LogP) is 3.01. The zero-order valence-corrected chi connectivity index (χ0v) is 17.6. The molecule has 4 rings (SSSR count). The number of carbonyl (C=O) groups excluding carboxylic acids is 1. The van der Waals surface area contributed by atoms with Crippen LogP contribution in [0.25, 0.3) is 0 Å². The van der Waals surface area contributed by atoms with Gasteiger partial charge in [0.15, 0.2) is 0 Å². The number of hydrogen-bond acceptors (Lipinski definition) is 4. The zero-order valence-electron chi connectivity index (χ0n) is 16.1. The van der Waals surface area contributed by atoms with Gasteiger partial charge in [0.05, 0.1) is 10.4 Å². The summed E-state index contributed by atoms with van der Waals surface area (Å²) < 4.78 is 27.4. The molecule has 8 heteroatoms. The predicted molar refractivity (Wildman–Crippen MR) is 113 cm³/mol. The van der Waals surface area contributed by atoms with E-state index < -0.39 is 15.4 Å². The minimum absolute atomic E-state index is 0.0905. The van der Waals surface area contributed by atoms with E-state index in [1.54, 1.807) is 18.2 Å². The average molecular weight is 434 g/mol. The highest BCUT2D eigenvalue weighted by Gasteiger charge is 2.49. The molecule has 2 saturated heterocycles. The van der Waals surface area contributed by atoms with E-state index in [1.165, 1.54) is 10.4 Å². The molecule has 2 aromatic rings. The van der Waals surface area contributed by atoms with Gasteiger partial charge in [0, 0.05) is 31.9 Å². The van der Waals surface area contributed by atoms with Crippen LogP contribution in [-0.4, -0.2) is 38.3 Å². The number of carbonyl (C=O) groups is 1. The maximum Gasteiger partial charge on any atom is 0.244 e. The third-order valence-corrected chi connectivity index (χ3v) is 8.53. The molecule has 2 aromatic carbocycles. The second-order valence-electron chi connectivity index (χ2n) is 7.69. The van der Waals surface area contributed by atoms with Crippen molar-refractivity contribution >= 4 is 33.2 Å². The molecule has 1 amide bonds. The monoisotopic (exact) mass is 433 g/mol. The van der Waals surface area contributed by atoms with Crippen molar-refractivity contribution in [3.63, 3.8) is 0 Å². The molecule has 2 heterocycles. The molecular weight excluding hydrogens is 410 g/mol. The van der Waals surface area contributed by atoms with E-state index >= 15 is 0 Å². The van der Waals surface area contributed by atoms with Crippen LogP contribution in [0.1, 0.15) is 24.8 Å². The summed E-state index contributed by atoms with van der Waals surface area (Å²) in [4.78, 5) is 15.2. The standard InChI is InChI=1S/C21H24ClN3O3S/c22-18-3-1-2-4-19(18)29(27,28)24-12-9-21(10-13-24)11-14-25(20(21)26)17-7-5-16(15-23)6-8-17/h1-8H,9-15,23H2. The summed E-state index contributed by atoms with van der Waals surface area (Å²) in [6.45, 7) is 1.75. The molecule has 2 fully saturated rings. The number of piperidine rings is 1. The Morgan fingerprint density at radius 2 is 1.59 bits per heavy atom. The minimum Gasteiger partial charge on any atom is -0.326 e. The number of amides is 1. The molecule has 0 unspecified atom stereocenters. The van der Waals surface area contributed by atoms with Crippen LogP contribution in [-0.2, 0) is 21.4 Å². The van der Waals surface area contributed by atoms with Crippen molar-refractivity contribution < 1.29 is 13.2 Å². The summed E-state index contributed by atoms with van der Waals surface area (Å²) in [5, 5.41) is 0.219.